The summed E-state index contributed by atoms with van der Waals surface area (Å²) in [5.74, 6) is 0. The van der Waals surface area contributed by atoms with Crippen LogP contribution in [0.15, 0.2) is 12.4 Å². The van der Waals surface area contributed by atoms with Crippen molar-refractivity contribution in [2.75, 3.05) is 5.33 Å². The number of rotatable bonds is 3. The molecule has 0 aliphatic carbocycles. The van der Waals surface area contributed by atoms with Gasteiger partial charge in [-0.25, -0.2) is 0 Å². The zero-order chi connectivity index (χ0) is 9.19. The molecule has 0 aromatic carbocycles. The molecule has 12 heavy (non-hydrogen) atoms. The first-order valence-electron chi connectivity index (χ1n) is 4.08. The number of halogens is 1. The average molecular weight is 231 g/mol. The fourth-order valence-electron chi connectivity index (χ4n) is 1.03. The van der Waals surface area contributed by atoms with Gasteiger partial charge in [-0.3, -0.25) is 4.68 Å². The van der Waals surface area contributed by atoms with Crippen LogP contribution in [0.2, 0.25) is 0 Å². The van der Waals surface area contributed by atoms with E-state index in [1.165, 1.54) is 5.56 Å². The van der Waals surface area contributed by atoms with E-state index in [9.17, 15) is 0 Å². The largest absolute Gasteiger partial charge is 0.272 e. The van der Waals surface area contributed by atoms with Crippen LogP contribution in [-0.4, -0.2) is 15.1 Å². The SMILES string of the molecule is Cc1cnn(CC(C)(C)CBr)c1. The van der Waals surface area contributed by atoms with Crippen LogP contribution in [0, 0.1) is 12.3 Å². The van der Waals surface area contributed by atoms with Gasteiger partial charge in [0.1, 0.15) is 0 Å². The van der Waals surface area contributed by atoms with E-state index in [1.54, 1.807) is 0 Å². The highest BCUT2D eigenvalue weighted by Crippen LogP contribution is 2.20. The van der Waals surface area contributed by atoms with Crippen LogP contribution in [0.5, 0.6) is 0 Å². The van der Waals surface area contributed by atoms with Crippen LogP contribution < -0.4 is 0 Å². The van der Waals surface area contributed by atoms with Crippen molar-refractivity contribution < 1.29 is 0 Å². The van der Waals surface area contributed by atoms with E-state index in [4.69, 9.17) is 0 Å². The Kier molecular flexibility index (Phi) is 2.94. The van der Waals surface area contributed by atoms with E-state index < -0.39 is 0 Å². The van der Waals surface area contributed by atoms with Crippen LogP contribution in [-0.2, 0) is 6.54 Å². The van der Waals surface area contributed by atoms with Gasteiger partial charge in [0.05, 0.1) is 6.20 Å². The van der Waals surface area contributed by atoms with Crippen molar-refractivity contribution >= 4 is 15.9 Å². The van der Waals surface area contributed by atoms with Crippen LogP contribution >= 0.6 is 15.9 Å². The summed E-state index contributed by atoms with van der Waals surface area (Å²) in [7, 11) is 0. The van der Waals surface area contributed by atoms with Crippen molar-refractivity contribution in [1.29, 1.82) is 0 Å². The first-order valence-corrected chi connectivity index (χ1v) is 5.21. The summed E-state index contributed by atoms with van der Waals surface area (Å²) >= 11 is 3.49. The lowest BCUT2D eigenvalue weighted by atomic mass is 9.97. The highest BCUT2D eigenvalue weighted by molar-refractivity contribution is 9.09. The number of aryl methyl sites for hydroxylation is 1. The Labute approximate surface area is 82.1 Å². The molecular formula is C9H15BrN2. The summed E-state index contributed by atoms with van der Waals surface area (Å²) in [5, 5.41) is 5.24. The number of hydrogen-bond donors (Lipinski definition) is 0. The maximum absolute atomic E-state index is 4.24. The summed E-state index contributed by atoms with van der Waals surface area (Å²) in [6, 6.07) is 0. The lowest BCUT2D eigenvalue weighted by Crippen LogP contribution is -2.21. The first kappa shape index (κ1) is 9.78. The topological polar surface area (TPSA) is 17.8 Å². The van der Waals surface area contributed by atoms with Gasteiger partial charge in [-0.1, -0.05) is 29.8 Å². The summed E-state index contributed by atoms with van der Waals surface area (Å²) in [6.45, 7) is 7.47. The second-order valence-corrected chi connectivity index (χ2v) is 4.57. The van der Waals surface area contributed by atoms with Crippen LogP contribution in [0.4, 0.5) is 0 Å². The Balaban J connectivity index is 2.63. The van der Waals surface area contributed by atoms with Gasteiger partial charge in [0.2, 0.25) is 0 Å². The van der Waals surface area contributed by atoms with Gasteiger partial charge in [-0.2, -0.15) is 5.10 Å². The minimum atomic E-state index is 0.276. The van der Waals surface area contributed by atoms with E-state index in [2.05, 4.69) is 48.0 Å². The van der Waals surface area contributed by atoms with Gasteiger partial charge in [-0.05, 0) is 17.9 Å². The van der Waals surface area contributed by atoms with Crippen LogP contribution in [0.1, 0.15) is 19.4 Å². The summed E-state index contributed by atoms with van der Waals surface area (Å²) in [6.07, 6.45) is 3.97. The van der Waals surface area contributed by atoms with Crippen molar-refractivity contribution in [3.8, 4) is 0 Å². The summed E-state index contributed by atoms with van der Waals surface area (Å²) in [4.78, 5) is 0. The molecule has 0 bridgehead atoms. The average Bonchev–Trinajstić information content (AvgIpc) is 2.35. The fourth-order valence-corrected chi connectivity index (χ4v) is 1.21. The molecule has 0 fully saturated rings. The second kappa shape index (κ2) is 3.60. The lowest BCUT2D eigenvalue weighted by molar-refractivity contribution is 0.335. The number of hydrogen-bond acceptors (Lipinski definition) is 1. The monoisotopic (exact) mass is 230 g/mol. The Morgan fingerprint density at radius 3 is 2.67 bits per heavy atom. The van der Waals surface area contributed by atoms with E-state index in [0.29, 0.717) is 0 Å². The zero-order valence-electron chi connectivity index (χ0n) is 7.84. The Morgan fingerprint density at radius 1 is 1.58 bits per heavy atom. The Hall–Kier alpha value is -0.310. The van der Waals surface area contributed by atoms with Crippen molar-refractivity contribution in [1.82, 2.24) is 9.78 Å². The highest BCUT2D eigenvalue weighted by atomic mass is 79.9. The smallest absolute Gasteiger partial charge is 0.0518 e. The first-order chi connectivity index (χ1) is 5.53. The fraction of sp³-hybridized carbons (Fsp3) is 0.667. The quantitative estimate of drug-likeness (QED) is 0.731. The zero-order valence-corrected chi connectivity index (χ0v) is 9.43. The molecule has 1 aromatic heterocycles. The molecule has 0 aliphatic heterocycles. The van der Waals surface area contributed by atoms with Gasteiger partial charge in [0.15, 0.2) is 0 Å². The molecule has 0 saturated carbocycles. The minimum absolute atomic E-state index is 0.276. The number of aromatic nitrogens is 2. The van der Waals surface area contributed by atoms with Crippen LogP contribution in [0.25, 0.3) is 0 Å². The van der Waals surface area contributed by atoms with Gasteiger partial charge in [-0.15, -0.1) is 0 Å². The number of alkyl halides is 1. The lowest BCUT2D eigenvalue weighted by Gasteiger charge is -2.20. The van der Waals surface area contributed by atoms with Gasteiger partial charge in [0, 0.05) is 18.1 Å². The molecule has 0 amide bonds. The van der Waals surface area contributed by atoms with Crippen LogP contribution in [0.3, 0.4) is 0 Å². The van der Waals surface area contributed by atoms with Gasteiger partial charge >= 0.3 is 0 Å². The summed E-state index contributed by atoms with van der Waals surface area (Å²) in [5.41, 5.74) is 1.50. The standard InChI is InChI=1S/C9H15BrN2/c1-8-4-11-12(5-8)7-9(2,3)6-10/h4-5H,6-7H2,1-3H3. The molecule has 0 saturated heterocycles. The van der Waals surface area contributed by atoms with Crippen molar-refractivity contribution in [2.24, 2.45) is 5.41 Å². The molecule has 0 unspecified atom stereocenters. The molecule has 3 heteroatoms. The third-order valence-electron chi connectivity index (χ3n) is 1.71. The van der Waals surface area contributed by atoms with E-state index in [-0.39, 0.29) is 5.41 Å². The normalized spacial score (nSPS) is 12.0. The molecule has 1 aromatic rings. The maximum Gasteiger partial charge on any atom is 0.0518 e. The molecule has 68 valence electrons. The van der Waals surface area contributed by atoms with E-state index in [0.717, 1.165) is 11.9 Å². The van der Waals surface area contributed by atoms with Gasteiger partial charge in [0.25, 0.3) is 0 Å². The Morgan fingerprint density at radius 2 is 2.25 bits per heavy atom. The molecule has 2 nitrogen and oxygen atoms in total. The molecule has 0 spiro atoms. The van der Waals surface area contributed by atoms with Gasteiger partial charge < -0.3 is 0 Å². The molecule has 0 aliphatic rings. The number of nitrogens with zero attached hydrogens (tertiary/aromatic N) is 2. The molecule has 0 radical (unpaired) electrons. The third-order valence-corrected chi connectivity index (χ3v) is 3.23. The van der Waals surface area contributed by atoms with E-state index >= 15 is 0 Å². The molecular weight excluding hydrogens is 216 g/mol. The third kappa shape index (κ3) is 2.63. The van der Waals surface area contributed by atoms with Crippen molar-refractivity contribution in [3.05, 3.63) is 18.0 Å². The summed E-state index contributed by atoms with van der Waals surface area (Å²) < 4.78 is 2.00. The molecule has 0 N–H and O–H groups in total. The predicted molar refractivity (Wildman–Crippen MR) is 54.5 cm³/mol. The minimum Gasteiger partial charge on any atom is -0.272 e. The predicted octanol–water partition coefficient (Wildman–Crippen LogP) is 2.61. The molecule has 1 heterocycles. The maximum atomic E-state index is 4.24. The highest BCUT2D eigenvalue weighted by Gasteiger charge is 2.16. The van der Waals surface area contributed by atoms with Crippen molar-refractivity contribution in [3.63, 3.8) is 0 Å². The van der Waals surface area contributed by atoms with Crippen molar-refractivity contribution in [2.45, 2.75) is 27.3 Å². The molecule has 0 atom stereocenters. The second-order valence-electron chi connectivity index (χ2n) is 4.01. The Bertz CT molecular complexity index is 253. The molecule has 1 rings (SSSR count). The van der Waals surface area contributed by atoms with E-state index in [1.807, 2.05) is 10.9 Å².